The zero-order chi connectivity index (χ0) is 14.9. The molecule has 3 rings (SSSR count). The van der Waals surface area contributed by atoms with Crippen molar-refractivity contribution in [2.45, 2.75) is 43.4 Å². The van der Waals surface area contributed by atoms with Crippen molar-refractivity contribution in [2.24, 2.45) is 5.92 Å². The summed E-state index contributed by atoms with van der Waals surface area (Å²) in [5.74, 6) is 0.717. The fraction of sp³-hybridized carbons (Fsp3) is 0.400. The zero-order valence-corrected chi connectivity index (χ0v) is 14.4. The molecule has 1 unspecified atom stereocenters. The highest BCUT2D eigenvalue weighted by atomic mass is 79.9. The first-order valence-electron chi connectivity index (χ1n) is 7.90. The third-order valence-electron chi connectivity index (χ3n) is 4.54. The molecule has 1 fully saturated rings. The SMILES string of the molecule is CC(C)Cc1ccc(C(Br)C2(c3ccccc3)CC2)cc1. The van der Waals surface area contributed by atoms with Gasteiger partial charge in [0.05, 0.1) is 0 Å². The van der Waals surface area contributed by atoms with Gasteiger partial charge in [-0.3, -0.25) is 0 Å². The minimum Gasteiger partial charge on any atom is -0.0829 e. The Balaban J connectivity index is 1.81. The summed E-state index contributed by atoms with van der Waals surface area (Å²) >= 11 is 3.98. The molecule has 0 saturated heterocycles. The quantitative estimate of drug-likeness (QED) is 0.580. The van der Waals surface area contributed by atoms with E-state index in [2.05, 4.69) is 84.4 Å². The lowest BCUT2D eigenvalue weighted by atomic mass is 9.88. The standard InChI is InChI=1S/C20H23Br/c1-15(2)14-16-8-10-17(11-9-16)19(21)20(12-13-20)18-6-4-3-5-7-18/h3-11,15,19H,12-14H2,1-2H3. The molecule has 0 nitrogen and oxygen atoms in total. The summed E-state index contributed by atoms with van der Waals surface area (Å²) in [5.41, 5.74) is 4.63. The maximum Gasteiger partial charge on any atom is 0.0491 e. The van der Waals surface area contributed by atoms with E-state index in [9.17, 15) is 0 Å². The van der Waals surface area contributed by atoms with Crippen molar-refractivity contribution in [3.8, 4) is 0 Å². The number of rotatable bonds is 5. The smallest absolute Gasteiger partial charge is 0.0491 e. The van der Waals surface area contributed by atoms with Gasteiger partial charge in [-0.1, -0.05) is 84.4 Å². The van der Waals surface area contributed by atoms with Crippen LogP contribution in [0.3, 0.4) is 0 Å². The normalized spacial score (nSPS) is 17.7. The predicted octanol–water partition coefficient (Wildman–Crippen LogP) is 6.05. The number of hydrogen-bond donors (Lipinski definition) is 0. The molecule has 1 aliphatic rings. The van der Waals surface area contributed by atoms with Gasteiger partial charge in [-0.25, -0.2) is 0 Å². The minimum absolute atomic E-state index is 0.306. The van der Waals surface area contributed by atoms with Crippen LogP contribution in [0.4, 0.5) is 0 Å². The van der Waals surface area contributed by atoms with Gasteiger partial charge in [0.15, 0.2) is 0 Å². The summed E-state index contributed by atoms with van der Waals surface area (Å²) in [6.07, 6.45) is 3.72. The maximum atomic E-state index is 3.98. The summed E-state index contributed by atoms with van der Waals surface area (Å²) in [4.78, 5) is 0.417. The van der Waals surface area contributed by atoms with Crippen LogP contribution in [0.25, 0.3) is 0 Å². The third-order valence-corrected chi connectivity index (χ3v) is 5.94. The fourth-order valence-corrected chi connectivity index (χ4v) is 4.23. The highest BCUT2D eigenvalue weighted by molar-refractivity contribution is 9.09. The Morgan fingerprint density at radius 3 is 2.10 bits per heavy atom. The van der Waals surface area contributed by atoms with Gasteiger partial charge in [-0.2, -0.15) is 0 Å². The van der Waals surface area contributed by atoms with E-state index in [1.807, 2.05) is 0 Å². The van der Waals surface area contributed by atoms with Gasteiger partial charge >= 0.3 is 0 Å². The van der Waals surface area contributed by atoms with Crippen molar-refractivity contribution in [1.29, 1.82) is 0 Å². The van der Waals surface area contributed by atoms with Gasteiger partial charge in [0, 0.05) is 10.2 Å². The highest BCUT2D eigenvalue weighted by Crippen LogP contribution is 2.59. The lowest BCUT2D eigenvalue weighted by molar-refractivity contribution is 0.646. The first kappa shape index (κ1) is 14.8. The first-order chi connectivity index (χ1) is 10.1. The Morgan fingerprint density at radius 2 is 1.57 bits per heavy atom. The Kier molecular flexibility index (Phi) is 4.21. The van der Waals surface area contributed by atoms with Crippen LogP contribution in [-0.2, 0) is 11.8 Å². The van der Waals surface area contributed by atoms with Gasteiger partial charge in [0.1, 0.15) is 0 Å². The molecule has 0 radical (unpaired) electrons. The molecular weight excluding hydrogens is 320 g/mol. The summed E-state index contributed by atoms with van der Waals surface area (Å²) in [6, 6.07) is 20.2. The molecule has 2 aromatic carbocycles. The van der Waals surface area contributed by atoms with Crippen molar-refractivity contribution in [3.05, 3.63) is 71.3 Å². The molecule has 2 aromatic rings. The summed E-state index contributed by atoms with van der Waals surface area (Å²) in [7, 11) is 0. The molecule has 0 heterocycles. The van der Waals surface area contributed by atoms with Crippen molar-refractivity contribution in [2.75, 3.05) is 0 Å². The lowest BCUT2D eigenvalue weighted by Crippen LogP contribution is -2.13. The Bertz CT molecular complexity index is 579. The number of hydrogen-bond acceptors (Lipinski definition) is 0. The molecule has 110 valence electrons. The van der Waals surface area contributed by atoms with Crippen molar-refractivity contribution >= 4 is 15.9 Å². The van der Waals surface area contributed by atoms with E-state index >= 15 is 0 Å². The van der Waals surface area contributed by atoms with Crippen LogP contribution in [0.2, 0.25) is 0 Å². The van der Waals surface area contributed by atoms with E-state index in [1.54, 1.807) is 0 Å². The molecule has 0 spiro atoms. The predicted molar refractivity (Wildman–Crippen MR) is 94.0 cm³/mol. The van der Waals surface area contributed by atoms with Crippen LogP contribution >= 0.6 is 15.9 Å². The van der Waals surface area contributed by atoms with E-state index in [1.165, 1.54) is 29.5 Å². The Labute approximate surface area is 136 Å². The summed E-state index contributed by atoms with van der Waals surface area (Å²) in [6.45, 7) is 4.55. The molecule has 1 saturated carbocycles. The van der Waals surface area contributed by atoms with Crippen molar-refractivity contribution in [1.82, 2.24) is 0 Å². The van der Waals surface area contributed by atoms with E-state index < -0.39 is 0 Å². The van der Waals surface area contributed by atoms with E-state index in [-0.39, 0.29) is 0 Å². The molecule has 0 N–H and O–H groups in total. The molecule has 1 aliphatic carbocycles. The second kappa shape index (κ2) is 5.96. The topological polar surface area (TPSA) is 0 Å². The average Bonchev–Trinajstić information content (AvgIpc) is 3.29. The van der Waals surface area contributed by atoms with Crippen LogP contribution in [0.5, 0.6) is 0 Å². The molecule has 1 heteroatoms. The third kappa shape index (κ3) is 3.08. The molecule has 1 atom stereocenters. The lowest BCUT2D eigenvalue weighted by Gasteiger charge is -2.23. The van der Waals surface area contributed by atoms with E-state index in [0.29, 0.717) is 10.2 Å². The van der Waals surface area contributed by atoms with Crippen LogP contribution < -0.4 is 0 Å². The number of alkyl halides is 1. The second-order valence-electron chi connectivity index (χ2n) is 6.72. The van der Waals surface area contributed by atoms with Gasteiger partial charge in [-0.15, -0.1) is 0 Å². The van der Waals surface area contributed by atoms with Gasteiger partial charge in [-0.05, 0) is 41.9 Å². The fourth-order valence-electron chi connectivity index (χ4n) is 3.21. The number of halogens is 1. The second-order valence-corrected chi connectivity index (χ2v) is 7.64. The molecule has 21 heavy (non-hydrogen) atoms. The first-order valence-corrected chi connectivity index (χ1v) is 8.82. The Morgan fingerprint density at radius 1 is 0.952 bits per heavy atom. The summed E-state index contributed by atoms with van der Waals surface area (Å²) in [5, 5.41) is 0. The van der Waals surface area contributed by atoms with Crippen LogP contribution in [0.15, 0.2) is 54.6 Å². The summed E-state index contributed by atoms with van der Waals surface area (Å²) < 4.78 is 0. The Hall–Kier alpha value is -1.08. The molecule has 0 aliphatic heterocycles. The molecule has 0 aromatic heterocycles. The van der Waals surface area contributed by atoms with E-state index in [4.69, 9.17) is 0 Å². The van der Waals surface area contributed by atoms with Gasteiger partial charge in [0.25, 0.3) is 0 Å². The minimum atomic E-state index is 0.306. The molecule has 0 amide bonds. The van der Waals surface area contributed by atoms with Crippen molar-refractivity contribution < 1.29 is 0 Å². The van der Waals surface area contributed by atoms with Crippen LogP contribution in [0, 0.1) is 5.92 Å². The molecular formula is C20H23Br. The molecule has 0 bridgehead atoms. The monoisotopic (exact) mass is 342 g/mol. The van der Waals surface area contributed by atoms with Crippen LogP contribution in [-0.4, -0.2) is 0 Å². The highest BCUT2D eigenvalue weighted by Gasteiger charge is 2.50. The largest absolute Gasteiger partial charge is 0.0829 e. The van der Waals surface area contributed by atoms with E-state index in [0.717, 1.165) is 12.3 Å². The average molecular weight is 343 g/mol. The van der Waals surface area contributed by atoms with Crippen LogP contribution in [0.1, 0.15) is 48.2 Å². The van der Waals surface area contributed by atoms with Gasteiger partial charge in [0.2, 0.25) is 0 Å². The number of benzene rings is 2. The maximum absolute atomic E-state index is 3.98. The van der Waals surface area contributed by atoms with Gasteiger partial charge < -0.3 is 0 Å². The van der Waals surface area contributed by atoms with Crippen molar-refractivity contribution in [3.63, 3.8) is 0 Å². The zero-order valence-electron chi connectivity index (χ0n) is 12.9.